The Labute approximate surface area is 124 Å². The van der Waals surface area contributed by atoms with E-state index in [-0.39, 0.29) is 24.4 Å². The van der Waals surface area contributed by atoms with Crippen LogP contribution < -0.4 is 16.0 Å². The molecule has 0 saturated carbocycles. The molecule has 0 aliphatic heterocycles. The number of anilines is 2. The average molecular weight is 294 g/mol. The van der Waals surface area contributed by atoms with Crippen molar-refractivity contribution < 1.29 is 9.53 Å². The molecule has 1 rings (SSSR count). The highest BCUT2D eigenvalue weighted by molar-refractivity contribution is 5.76. The number of nitrogens with two attached hydrogens (primary N) is 1. The van der Waals surface area contributed by atoms with E-state index in [0.29, 0.717) is 11.8 Å². The van der Waals surface area contributed by atoms with Gasteiger partial charge in [-0.15, -0.1) is 6.58 Å². The van der Waals surface area contributed by atoms with Crippen LogP contribution in [-0.2, 0) is 16.1 Å². The van der Waals surface area contributed by atoms with Gasteiger partial charge < -0.3 is 15.4 Å². The van der Waals surface area contributed by atoms with Gasteiger partial charge in [0.15, 0.2) is 0 Å². The van der Waals surface area contributed by atoms with Crippen LogP contribution in [-0.4, -0.2) is 48.2 Å². The molecule has 3 N–H and O–H groups in total. The second-order valence-corrected chi connectivity index (χ2v) is 4.78. The number of esters is 1. The van der Waals surface area contributed by atoms with E-state index in [9.17, 15) is 4.79 Å². The number of carbonyl (C=O) groups is 1. The number of ether oxygens (including phenoxy) is 1. The summed E-state index contributed by atoms with van der Waals surface area (Å²) in [5, 5.41) is 3.06. The Morgan fingerprint density at radius 1 is 1.48 bits per heavy atom. The van der Waals surface area contributed by atoms with Crippen LogP contribution in [0.1, 0.15) is 12.7 Å². The molecule has 0 aliphatic carbocycles. The summed E-state index contributed by atoms with van der Waals surface area (Å²) < 4.78 is 4.77. The quantitative estimate of drug-likeness (QED) is 0.533. The number of methoxy groups -OCH3 is 1. The summed E-state index contributed by atoms with van der Waals surface area (Å²) >= 11 is 0. The molecule has 8 nitrogen and oxygen atoms in total. The molecular formula is C13H22N6O2. The Morgan fingerprint density at radius 2 is 2.14 bits per heavy atom. The molecule has 0 aromatic carbocycles. The maximum Gasteiger partial charge on any atom is 0.323 e. The number of nitrogens with one attached hydrogen (secondary N) is 1. The number of carbonyl (C=O) groups excluding carboxylic acids is 1. The van der Waals surface area contributed by atoms with Crippen LogP contribution in [0, 0.1) is 5.92 Å². The molecule has 0 bridgehead atoms. The molecular weight excluding hydrogens is 272 g/mol. The van der Waals surface area contributed by atoms with Crippen molar-refractivity contribution in [2.45, 2.75) is 19.5 Å². The molecule has 1 aromatic rings. The zero-order chi connectivity index (χ0) is 16.0. The molecule has 0 fully saturated rings. The summed E-state index contributed by atoms with van der Waals surface area (Å²) in [6.45, 7) is 5.83. The van der Waals surface area contributed by atoms with Gasteiger partial charge in [-0.1, -0.05) is 13.0 Å². The number of hydrogen-bond donors (Lipinski definition) is 2. The van der Waals surface area contributed by atoms with Crippen LogP contribution in [0.5, 0.6) is 0 Å². The first-order chi connectivity index (χ1) is 9.88. The van der Waals surface area contributed by atoms with Crippen LogP contribution in [0.4, 0.5) is 11.9 Å². The van der Waals surface area contributed by atoms with E-state index in [0.717, 1.165) is 0 Å². The number of aromatic nitrogens is 3. The molecule has 2 atom stereocenters. The second kappa shape index (κ2) is 7.53. The van der Waals surface area contributed by atoms with Crippen molar-refractivity contribution in [3.63, 3.8) is 0 Å². The van der Waals surface area contributed by atoms with Crippen molar-refractivity contribution in [1.82, 2.24) is 20.3 Å². The van der Waals surface area contributed by atoms with Crippen LogP contribution in [0.15, 0.2) is 12.7 Å². The average Bonchev–Trinajstić information content (AvgIpc) is 2.46. The van der Waals surface area contributed by atoms with Crippen molar-refractivity contribution >= 4 is 17.9 Å². The van der Waals surface area contributed by atoms with Crippen LogP contribution in [0.3, 0.4) is 0 Å². The topological polar surface area (TPSA) is 106 Å². The molecule has 116 valence electrons. The van der Waals surface area contributed by atoms with Crippen LogP contribution in [0.2, 0.25) is 0 Å². The number of nitrogen functional groups attached to an aromatic ring is 1. The molecule has 1 aromatic heterocycles. The molecule has 0 radical (unpaired) electrons. The van der Waals surface area contributed by atoms with E-state index < -0.39 is 6.04 Å². The fraction of sp³-hybridized carbons (Fsp3) is 0.538. The first kappa shape index (κ1) is 16.8. The maximum absolute atomic E-state index is 11.8. The molecule has 0 unspecified atom stereocenters. The van der Waals surface area contributed by atoms with E-state index in [4.69, 9.17) is 10.5 Å². The number of nitrogens with zero attached hydrogens (tertiary/aromatic N) is 4. The molecule has 0 saturated heterocycles. The van der Waals surface area contributed by atoms with Gasteiger partial charge in [0.1, 0.15) is 11.9 Å². The first-order valence-electron chi connectivity index (χ1n) is 6.50. The zero-order valence-corrected chi connectivity index (χ0v) is 12.8. The predicted octanol–water partition coefficient (Wildman–Crippen LogP) is -0.0269. The third-order valence-corrected chi connectivity index (χ3v) is 2.92. The molecule has 1 heterocycles. The highest BCUT2D eigenvalue weighted by atomic mass is 16.5. The lowest BCUT2D eigenvalue weighted by Crippen LogP contribution is -2.42. The van der Waals surface area contributed by atoms with E-state index in [1.807, 2.05) is 21.0 Å². The summed E-state index contributed by atoms with van der Waals surface area (Å²) in [5.74, 6) is 0.598. The fourth-order valence-corrected chi connectivity index (χ4v) is 1.65. The Morgan fingerprint density at radius 3 is 2.67 bits per heavy atom. The van der Waals surface area contributed by atoms with E-state index in [1.54, 1.807) is 11.0 Å². The molecule has 0 aliphatic rings. The van der Waals surface area contributed by atoms with Gasteiger partial charge in [0, 0.05) is 14.1 Å². The highest BCUT2D eigenvalue weighted by Gasteiger charge is 2.23. The summed E-state index contributed by atoms with van der Waals surface area (Å²) in [7, 11) is 4.96. The Hall–Kier alpha value is -2.22. The minimum atomic E-state index is -0.520. The van der Waals surface area contributed by atoms with Gasteiger partial charge >= 0.3 is 5.97 Å². The maximum atomic E-state index is 11.8. The summed E-state index contributed by atoms with van der Waals surface area (Å²) in [5.41, 5.74) is 5.65. The van der Waals surface area contributed by atoms with Gasteiger partial charge in [-0.05, 0) is 5.92 Å². The largest absolute Gasteiger partial charge is 0.468 e. The zero-order valence-electron chi connectivity index (χ0n) is 12.8. The van der Waals surface area contributed by atoms with Crippen molar-refractivity contribution in [1.29, 1.82) is 0 Å². The number of hydrogen-bond acceptors (Lipinski definition) is 8. The second-order valence-electron chi connectivity index (χ2n) is 4.78. The Balaban J connectivity index is 2.84. The monoisotopic (exact) mass is 294 g/mol. The van der Waals surface area contributed by atoms with Crippen LogP contribution >= 0.6 is 0 Å². The Kier molecular flexibility index (Phi) is 6.04. The van der Waals surface area contributed by atoms with E-state index in [1.165, 1.54) is 7.11 Å². The van der Waals surface area contributed by atoms with Crippen molar-refractivity contribution in [3.05, 3.63) is 18.5 Å². The number of rotatable bonds is 7. The van der Waals surface area contributed by atoms with Crippen molar-refractivity contribution in [3.8, 4) is 0 Å². The lowest BCUT2D eigenvalue weighted by molar-refractivity contribution is -0.144. The first-order valence-corrected chi connectivity index (χ1v) is 6.50. The van der Waals surface area contributed by atoms with Gasteiger partial charge in [-0.25, -0.2) is 0 Å². The lowest BCUT2D eigenvalue weighted by atomic mass is 10.0. The fourth-order valence-electron chi connectivity index (χ4n) is 1.65. The minimum Gasteiger partial charge on any atom is -0.468 e. The van der Waals surface area contributed by atoms with Crippen LogP contribution in [0.25, 0.3) is 0 Å². The standard InChI is InChI=1S/C13H22N6O2/c1-6-8(2)10(11(20)21-5)15-7-9-16-12(14)18-13(17-9)19(3)4/h6,8,10,15H,1,7H2,2-5H3,(H2,14,16,17,18)/t8-,10+/m0/s1. The summed E-state index contributed by atoms with van der Waals surface area (Å²) in [4.78, 5) is 25.8. The lowest BCUT2D eigenvalue weighted by Gasteiger charge is -2.20. The molecule has 0 spiro atoms. The van der Waals surface area contributed by atoms with Gasteiger partial charge in [0.05, 0.1) is 13.7 Å². The normalized spacial score (nSPS) is 13.3. The van der Waals surface area contributed by atoms with E-state index >= 15 is 0 Å². The van der Waals surface area contributed by atoms with Crippen molar-refractivity contribution in [2.75, 3.05) is 31.8 Å². The SMILES string of the molecule is C=C[C@H](C)[C@@H](NCc1nc(N)nc(N(C)C)n1)C(=O)OC. The molecule has 8 heteroatoms. The predicted molar refractivity (Wildman–Crippen MR) is 80.6 cm³/mol. The van der Waals surface area contributed by atoms with E-state index in [2.05, 4.69) is 26.8 Å². The third-order valence-electron chi connectivity index (χ3n) is 2.92. The van der Waals surface area contributed by atoms with Gasteiger partial charge in [0.2, 0.25) is 11.9 Å². The minimum absolute atomic E-state index is 0.0926. The third kappa shape index (κ3) is 4.67. The van der Waals surface area contributed by atoms with Crippen molar-refractivity contribution in [2.24, 2.45) is 5.92 Å². The van der Waals surface area contributed by atoms with Gasteiger partial charge in [0.25, 0.3) is 0 Å². The van der Waals surface area contributed by atoms with Gasteiger partial charge in [-0.3, -0.25) is 10.1 Å². The smallest absolute Gasteiger partial charge is 0.323 e. The Bertz CT molecular complexity index is 505. The molecule has 0 amide bonds. The van der Waals surface area contributed by atoms with Gasteiger partial charge in [-0.2, -0.15) is 15.0 Å². The summed E-state index contributed by atoms with van der Waals surface area (Å²) in [6, 6.07) is -0.520. The summed E-state index contributed by atoms with van der Waals surface area (Å²) in [6.07, 6.45) is 1.68. The molecule has 21 heavy (non-hydrogen) atoms. The highest BCUT2D eigenvalue weighted by Crippen LogP contribution is 2.09.